The van der Waals surface area contributed by atoms with Gasteiger partial charge in [-0.3, -0.25) is 8.74 Å². The van der Waals surface area contributed by atoms with Gasteiger partial charge in [-0.2, -0.15) is 4.21 Å². The highest BCUT2D eigenvalue weighted by Gasteiger charge is 2.44. The molecule has 2 atom stereocenters. The third kappa shape index (κ3) is 2.67. The van der Waals surface area contributed by atoms with E-state index in [1.165, 1.54) is 0 Å². The lowest BCUT2D eigenvalue weighted by Gasteiger charge is -2.39. The smallest absolute Gasteiger partial charge is 0.301 e. The molecule has 3 rings (SSSR count). The summed E-state index contributed by atoms with van der Waals surface area (Å²) in [4.78, 5) is 0. The average Bonchev–Trinajstić information content (AvgIpc) is 2.83. The molecular formula is C13H16O5S. The molecule has 1 heterocycles. The highest BCUT2D eigenvalue weighted by molar-refractivity contribution is 7.74. The van der Waals surface area contributed by atoms with E-state index in [9.17, 15) is 4.21 Å². The second-order valence-electron chi connectivity index (χ2n) is 4.87. The largest absolute Gasteiger partial charge is 0.462 e. The fourth-order valence-corrected chi connectivity index (χ4v) is 3.00. The van der Waals surface area contributed by atoms with Gasteiger partial charge >= 0.3 is 11.4 Å². The van der Waals surface area contributed by atoms with Crippen molar-refractivity contribution in [2.45, 2.75) is 37.6 Å². The Balaban J connectivity index is 1.87. The Morgan fingerprint density at radius 2 is 2.11 bits per heavy atom. The first-order chi connectivity index (χ1) is 9.19. The molecule has 1 fully saturated rings. The van der Waals surface area contributed by atoms with Crippen molar-refractivity contribution in [1.82, 2.24) is 0 Å². The third-order valence-electron chi connectivity index (χ3n) is 3.60. The van der Waals surface area contributed by atoms with Gasteiger partial charge in [0.15, 0.2) is 0 Å². The van der Waals surface area contributed by atoms with Crippen molar-refractivity contribution in [1.29, 1.82) is 0 Å². The maximum Gasteiger partial charge on any atom is 0.301 e. The van der Waals surface area contributed by atoms with Crippen molar-refractivity contribution in [3.05, 3.63) is 29.8 Å². The molecule has 1 aliphatic carbocycles. The zero-order valence-corrected chi connectivity index (χ0v) is 11.2. The number of hydrogen-bond donors (Lipinski definition) is 1. The molecule has 1 aromatic rings. The fraction of sp³-hybridized carbons (Fsp3) is 0.538. The molecule has 2 aliphatic rings. The Morgan fingerprint density at radius 3 is 2.84 bits per heavy atom. The predicted octanol–water partition coefficient (Wildman–Crippen LogP) is 2.56. The molecule has 5 nitrogen and oxygen atoms in total. The molecule has 104 valence electrons. The lowest BCUT2D eigenvalue weighted by atomic mass is 10.1. The molecule has 0 bridgehead atoms. The van der Waals surface area contributed by atoms with Gasteiger partial charge in [0.25, 0.3) is 0 Å². The van der Waals surface area contributed by atoms with Crippen LogP contribution in [-0.4, -0.2) is 21.2 Å². The second kappa shape index (κ2) is 5.20. The van der Waals surface area contributed by atoms with Crippen LogP contribution in [0.2, 0.25) is 0 Å². The lowest BCUT2D eigenvalue weighted by molar-refractivity contribution is -0.230. The first-order valence-electron chi connectivity index (χ1n) is 6.38. The molecule has 0 amide bonds. The molecule has 1 aliphatic heterocycles. The fourth-order valence-electron chi connectivity index (χ4n) is 2.76. The molecule has 6 heteroatoms. The van der Waals surface area contributed by atoms with Gasteiger partial charge in [-0.25, -0.2) is 0 Å². The van der Waals surface area contributed by atoms with E-state index in [1.807, 2.05) is 24.3 Å². The van der Waals surface area contributed by atoms with E-state index < -0.39 is 17.1 Å². The summed E-state index contributed by atoms with van der Waals surface area (Å²) < 4.78 is 36.2. The monoisotopic (exact) mass is 284 g/mol. The maximum absolute atomic E-state index is 10.7. The summed E-state index contributed by atoms with van der Waals surface area (Å²) in [5.74, 6) is 0.201. The Kier molecular flexibility index (Phi) is 3.58. The zero-order valence-electron chi connectivity index (χ0n) is 10.4. The van der Waals surface area contributed by atoms with Crippen LogP contribution in [0.15, 0.2) is 24.3 Å². The van der Waals surface area contributed by atoms with Gasteiger partial charge in [0, 0.05) is 18.4 Å². The van der Waals surface area contributed by atoms with Crippen LogP contribution in [0.25, 0.3) is 0 Å². The van der Waals surface area contributed by atoms with E-state index >= 15 is 0 Å². The van der Waals surface area contributed by atoms with Gasteiger partial charge in [-0.1, -0.05) is 18.2 Å². The van der Waals surface area contributed by atoms with Crippen LogP contribution in [0.4, 0.5) is 0 Å². The summed E-state index contributed by atoms with van der Waals surface area (Å²) in [6.07, 6.45) is 3.47. The minimum absolute atomic E-state index is 0.0469. The van der Waals surface area contributed by atoms with Crippen LogP contribution < -0.4 is 4.74 Å². The summed E-state index contributed by atoms with van der Waals surface area (Å²) in [7, 11) is 0. The summed E-state index contributed by atoms with van der Waals surface area (Å²) in [6, 6.07) is 7.60. The Hall–Kier alpha value is -0.950. The van der Waals surface area contributed by atoms with Crippen molar-refractivity contribution < 1.29 is 22.4 Å². The predicted molar refractivity (Wildman–Crippen MR) is 68.8 cm³/mol. The third-order valence-corrected chi connectivity index (χ3v) is 3.94. The van der Waals surface area contributed by atoms with Crippen LogP contribution in [0.1, 0.15) is 37.4 Å². The lowest BCUT2D eigenvalue weighted by Crippen LogP contribution is -2.42. The Bertz CT molecular complexity index is 484. The van der Waals surface area contributed by atoms with Crippen LogP contribution in [0.3, 0.4) is 0 Å². The standard InChI is InChI=1S/C13H16O5S/c14-19(15)16-9-12-10-5-1-2-6-11(10)17-13(18-12)7-3-4-8-13/h1-2,5-6,12H,3-4,7-9H2,(H,14,15)/t12-/m1/s1. The summed E-state index contributed by atoms with van der Waals surface area (Å²) in [5, 5.41) is 0. The van der Waals surface area contributed by atoms with Gasteiger partial charge in [0.1, 0.15) is 11.9 Å². The molecule has 19 heavy (non-hydrogen) atoms. The minimum atomic E-state index is -2.28. The van der Waals surface area contributed by atoms with E-state index in [0.717, 1.165) is 37.0 Å². The van der Waals surface area contributed by atoms with Gasteiger partial charge in [0.2, 0.25) is 5.79 Å². The van der Waals surface area contributed by atoms with Crippen molar-refractivity contribution >= 4 is 11.4 Å². The first kappa shape index (κ1) is 13.1. The Morgan fingerprint density at radius 1 is 1.37 bits per heavy atom. The summed E-state index contributed by atoms with van der Waals surface area (Å²) in [6.45, 7) is 0.0469. The van der Waals surface area contributed by atoms with Crippen LogP contribution in [0, 0.1) is 0 Å². The average molecular weight is 284 g/mol. The molecule has 1 N–H and O–H groups in total. The van der Waals surface area contributed by atoms with E-state index in [-0.39, 0.29) is 12.7 Å². The van der Waals surface area contributed by atoms with E-state index in [1.54, 1.807) is 0 Å². The molecule has 1 saturated carbocycles. The molecule has 0 saturated heterocycles. The number of para-hydroxylation sites is 1. The van der Waals surface area contributed by atoms with Crippen molar-refractivity contribution in [2.24, 2.45) is 0 Å². The van der Waals surface area contributed by atoms with Crippen LogP contribution >= 0.6 is 0 Å². The van der Waals surface area contributed by atoms with E-state index in [2.05, 4.69) is 0 Å². The number of hydrogen-bond acceptors (Lipinski definition) is 4. The van der Waals surface area contributed by atoms with Gasteiger partial charge in [0.05, 0.1) is 6.61 Å². The molecule has 1 spiro atoms. The Labute approximate surface area is 114 Å². The number of ether oxygens (including phenoxy) is 2. The highest BCUT2D eigenvalue weighted by Crippen LogP contribution is 2.45. The quantitative estimate of drug-likeness (QED) is 0.864. The molecule has 0 radical (unpaired) electrons. The SMILES string of the molecule is O=S(O)OC[C@H]1OC2(CCCC2)Oc2ccccc21. The van der Waals surface area contributed by atoms with Gasteiger partial charge < -0.3 is 9.47 Å². The summed E-state index contributed by atoms with van der Waals surface area (Å²) in [5.41, 5.74) is 0.866. The zero-order chi connectivity index (χ0) is 13.3. The van der Waals surface area contributed by atoms with Crippen molar-refractivity contribution in [3.63, 3.8) is 0 Å². The van der Waals surface area contributed by atoms with Gasteiger partial charge in [-0.15, -0.1) is 0 Å². The van der Waals surface area contributed by atoms with Crippen LogP contribution in [0.5, 0.6) is 5.75 Å². The van der Waals surface area contributed by atoms with E-state index in [0.29, 0.717) is 0 Å². The molecular weight excluding hydrogens is 268 g/mol. The minimum Gasteiger partial charge on any atom is -0.462 e. The molecule has 1 aromatic carbocycles. The summed E-state index contributed by atoms with van der Waals surface area (Å²) >= 11 is -2.28. The second-order valence-corrected chi connectivity index (χ2v) is 5.54. The maximum atomic E-state index is 10.7. The molecule has 1 unspecified atom stereocenters. The normalized spacial score (nSPS) is 25.8. The molecule has 0 aromatic heterocycles. The van der Waals surface area contributed by atoms with Gasteiger partial charge in [-0.05, 0) is 18.9 Å². The number of rotatable bonds is 3. The van der Waals surface area contributed by atoms with Crippen molar-refractivity contribution in [3.8, 4) is 5.75 Å². The first-order valence-corrected chi connectivity index (χ1v) is 7.42. The van der Waals surface area contributed by atoms with Crippen LogP contribution in [-0.2, 0) is 20.3 Å². The number of benzene rings is 1. The topological polar surface area (TPSA) is 65.0 Å². The van der Waals surface area contributed by atoms with Crippen molar-refractivity contribution in [2.75, 3.05) is 6.61 Å². The number of fused-ring (bicyclic) bond motifs is 1. The highest BCUT2D eigenvalue weighted by atomic mass is 32.2. The van der Waals surface area contributed by atoms with E-state index in [4.69, 9.17) is 18.2 Å².